The van der Waals surface area contributed by atoms with Crippen molar-refractivity contribution in [2.24, 2.45) is 0 Å². The molecule has 3 aromatic rings. The molecule has 0 atom stereocenters. The fraction of sp³-hybridized carbons (Fsp3) is 0.318. The quantitative estimate of drug-likeness (QED) is 0.700. The maximum Gasteiger partial charge on any atom is 0.251 e. The molecule has 1 N–H and O–H groups in total. The first kappa shape index (κ1) is 19.6. The largest absolute Gasteiger partial charge is 0.496 e. The van der Waals surface area contributed by atoms with Crippen LogP contribution in [0.5, 0.6) is 5.75 Å². The average molecular weight is 379 g/mol. The van der Waals surface area contributed by atoms with E-state index in [9.17, 15) is 4.79 Å². The summed E-state index contributed by atoms with van der Waals surface area (Å²) in [5, 5.41) is 6.88. The van der Waals surface area contributed by atoms with E-state index in [1.54, 1.807) is 13.2 Å². The molecule has 6 heteroatoms. The van der Waals surface area contributed by atoms with Gasteiger partial charge in [-0.3, -0.25) is 4.79 Å². The lowest BCUT2D eigenvalue weighted by Crippen LogP contribution is -2.26. The fourth-order valence-electron chi connectivity index (χ4n) is 2.74. The molecule has 0 fully saturated rings. The van der Waals surface area contributed by atoms with Gasteiger partial charge in [0.05, 0.1) is 7.11 Å². The zero-order chi connectivity index (χ0) is 20.1. The molecule has 0 bridgehead atoms. The highest BCUT2D eigenvalue weighted by Crippen LogP contribution is 2.30. The van der Waals surface area contributed by atoms with Crippen LogP contribution in [-0.4, -0.2) is 29.7 Å². The number of hydrogen-bond acceptors (Lipinski definition) is 5. The van der Waals surface area contributed by atoms with E-state index in [4.69, 9.17) is 9.26 Å². The zero-order valence-corrected chi connectivity index (χ0v) is 16.7. The highest BCUT2D eigenvalue weighted by molar-refractivity contribution is 5.96. The number of aromatic nitrogens is 2. The number of nitrogens with one attached hydrogen (secondary N) is 1. The Morgan fingerprint density at radius 2 is 1.89 bits per heavy atom. The van der Waals surface area contributed by atoms with E-state index in [1.165, 1.54) is 0 Å². The third-order valence-corrected chi connectivity index (χ3v) is 4.29. The second-order valence-corrected chi connectivity index (χ2v) is 7.55. The first-order valence-corrected chi connectivity index (χ1v) is 9.23. The lowest BCUT2D eigenvalue weighted by atomic mass is 9.97. The van der Waals surface area contributed by atoms with Gasteiger partial charge in [-0.25, -0.2) is 0 Å². The minimum atomic E-state index is -0.189. The number of hydrogen-bond donors (Lipinski definition) is 1. The van der Waals surface area contributed by atoms with E-state index in [-0.39, 0.29) is 11.3 Å². The molecular weight excluding hydrogens is 354 g/mol. The molecule has 0 saturated heterocycles. The van der Waals surface area contributed by atoms with Crippen molar-refractivity contribution in [3.05, 3.63) is 65.8 Å². The molecule has 0 aliphatic carbocycles. The molecule has 1 amide bonds. The number of methoxy groups -OCH3 is 1. The topological polar surface area (TPSA) is 77.2 Å². The Labute approximate surface area is 164 Å². The van der Waals surface area contributed by atoms with Crippen molar-refractivity contribution in [1.82, 2.24) is 15.5 Å². The van der Waals surface area contributed by atoms with Gasteiger partial charge < -0.3 is 14.6 Å². The molecule has 3 rings (SSSR count). The predicted molar refractivity (Wildman–Crippen MR) is 107 cm³/mol. The lowest BCUT2D eigenvalue weighted by Gasteiger charge is -2.11. The van der Waals surface area contributed by atoms with E-state index >= 15 is 0 Å². The molecule has 0 spiro atoms. The number of benzene rings is 2. The Bertz CT molecular complexity index is 943. The second kappa shape index (κ2) is 8.25. The van der Waals surface area contributed by atoms with E-state index < -0.39 is 0 Å². The fourth-order valence-corrected chi connectivity index (χ4v) is 2.74. The van der Waals surface area contributed by atoms with Gasteiger partial charge in [0.1, 0.15) is 5.75 Å². The molecule has 6 nitrogen and oxygen atoms in total. The van der Waals surface area contributed by atoms with Crippen LogP contribution < -0.4 is 10.1 Å². The van der Waals surface area contributed by atoms with E-state index in [0.717, 1.165) is 16.9 Å². The lowest BCUT2D eigenvalue weighted by molar-refractivity contribution is 0.0954. The summed E-state index contributed by atoms with van der Waals surface area (Å²) >= 11 is 0. The highest BCUT2D eigenvalue weighted by Gasteiger charge is 2.21. The molecule has 1 aromatic heterocycles. The summed E-state index contributed by atoms with van der Waals surface area (Å²) in [7, 11) is 1.62. The molecule has 0 unspecified atom stereocenters. The normalized spacial score (nSPS) is 11.3. The van der Waals surface area contributed by atoms with Crippen molar-refractivity contribution in [3.8, 4) is 16.9 Å². The molecule has 2 aromatic carbocycles. The van der Waals surface area contributed by atoms with Gasteiger partial charge in [-0.05, 0) is 23.8 Å². The molecule has 28 heavy (non-hydrogen) atoms. The summed E-state index contributed by atoms with van der Waals surface area (Å²) in [6.45, 7) is 6.47. The van der Waals surface area contributed by atoms with Crippen molar-refractivity contribution in [3.63, 3.8) is 0 Å². The number of rotatable bonds is 6. The minimum Gasteiger partial charge on any atom is -0.496 e. The number of nitrogens with zero attached hydrogens (tertiary/aromatic N) is 2. The Morgan fingerprint density at radius 3 is 2.54 bits per heavy atom. The molecule has 0 aliphatic heterocycles. The monoisotopic (exact) mass is 379 g/mol. The Morgan fingerprint density at radius 1 is 1.14 bits per heavy atom. The van der Waals surface area contributed by atoms with Crippen LogP contribution in [0, 0.1) is 0 Å². The second-order valence-electron chi connectivity index (χ2n) is 7.55. The van der Waals surface area contributed by atoms with Crippen molar-refractivity contribution in [1.29, 1.82) is 0 Å². The first-order valence-electron chi connectivity index (χ1n) is 9.23. The standard InChI is InChI=1S/C22H25N3O3/c1-22(2,3)21-24-19(25-28-21)12-13-23-20(26)16-10-11-18(27-4)17(14-16)15-8-6-5-7-9-15/h5-11,14H,12-13H2,1-4H3,(H,23,26). The maximum atomic E-state index is 12.6. The average Bonchev–Trinajstić information content (AvgIpc) is 3.17. The van der Waals surface area contributed by atoms with Gasteiger partial charge in [-0.2, -0.15) is 4.98 Å². The molecule has 0 radical (unpaired) electrons. The number of carbonyl (C=O) groups excluding carboxylic acids is 1. The van der Waals surface area contributed by atoms with E-state index in [1.807, 2.05) is 63.2 Å². The zero-order valence-electron chi connectivity index (χ0n) is 16.7. The Hall–Kier alpha value is -3.15. The van der Waals surface area contributed by atoms with Gasteiger partial charge >= 0.3 is 0 Å². The first-order chi connectivity index (χ1) is 13.4. The summed E-state index contributed by atoms with van der Waals surface area (Å²) < 4.78 is 10.7. The van der Waals surface area contributed by atoms with Crippen molar-refractivity contribution in [2.45, 2.75) is 32.6 Å². The molecule has 1 heterocycles. The van der Waals surface area contributed by atoms with Crippen LogP contribution in [0.3, 0.4) is 0 Å². The number of ether oxygens (including phenoxy) is 1. The summed E-state index contributed by atoms with van der Waals surface area (Å²) in [5.74, 6) is 1.75. The van der Waals surface area contributed by atoms with Gasteiger partial charge in [-0.1, -0.05) is 56.3 Å². The van der Waals surface area contributed by atoms with Crippen LogP contribution in [-0.2, 0) is 11.8 Å². The highest BCUT2D eigenvalue weighted by atomic mass is 16.5. The molecular formula is C22H25N3O3. The Balaban J connectivity index is 1.67. The number of amides is 1. The van der Waals surface area contributed by atoms with Gasteiger partial charge in [0, 0.05) is 29.5 Å². The van der Waals surface area contributed by atoms with Crippen molar-refractivity contribution < 1.29 is 14.1 Å². The molecule has 0 saturated carbocycles. The Kier molecular flexibility index (Phi) is 5.78. The van der Waals surface area contributed by atoms with Crippen LogP contribution in [0.25, 0.3) is 11.1 Å². The van der Waals surface area contributed by atoms with Crippen LogP contribution in [0.15, 0.2) is 53.1 Å². The predicted octanol–water partition coefficient (Wildman–Crippen LogP) is 4.02. The molecule has 0 aliphatic rings. The maximum absolute atomic E-state index is 12.6. The molecule has 146 valence electrons. The van der Waals surface area contributed by atoms with E-state index in [0.29, 0.717) is 30.2 Å². The minimum absolute atomic E-state index is 0.153. The van der Waals surface area contributed by atoms with Crippen LogP contribution >= 0.6 is 0 Å². The van der Waals surface area contributed by atoms with Gasteiger partial charge in [0.15, 0.2) is 5.82 Å². The van der Waals surface area contributed by atoms with Crippen LogP contribution in [0.4, 0.5) is 0 Å². The third kappa shape index (κ3) is 4.57. The summed E-state index contributed by atoms with van der Waals surface area (Å²) in [4.78, 5) is 16.9. The third-order valence-electron chi connectivity index (χ3n) is 4.29. The van der Waals surface area contributed by atoms with Gasteiger partial charge in [-0.15, -0.1) is 0 Å². The van der Waals surface area contributed by atoms with Crippen LogP contribution in [0.2, 0.25) is 0 Å². The summed E-state index contributed by atoms with van der Waals surface area (Å²) in [6.07, 6.45) is 0.507. The smallest absolute Gasteiger partial charge is 0.251 e. The van der Waals surface area contributed by atoms with Crippen molar-refractivity contribution in [2.75, 3.05) is 13.7 Å². The van der Waals surface area contributed by atoms with Gasteiger partial charge in [0.25, 0.3) is 5.91 Å². The van der Waals surface area contributed by atoms with Crippen LogP contribution in [0.1, 0.15) is 42.8 Å². The van der Waals surface area contributed by atoms with Gasteiger partial charge in [0.2, 0.25) is 5.89 Å². The number of carbonyl (C=O) groups is 1. The van der Waals surface area contributed by atoms with Crippen molar-refractivity contribution >= 4 is 5.91 Å². The SMILES string of the molecule is COc1ccc(C(=O)NCCc2noc(C(C)(C)C)n2)cc1-c1ccccc1. The summed E-state index contributed by atoms with van der Waals surface area (Å²) in [6, 6.07) is 15.3. The summed E-state index contributed by atoms with van der Waals surface area (Å²) in [5.41, 5.74) is 2.26. The van der Waals surface area contributed by atoms with E-state index in [2.05, 4.69) is 15.5 Å².